The second kappa shape index (κ2) is 11.4. The number of ether oxygens (including phenoxy) is 2. The molecular formula is C27H32N6O3S. The van der Waals surface area contributed by atoms with Crippen LogP contribution in [0.5, 0.6) is 5.88 Å². The Balaban J connectivity index is 1.48. The third kappa shape index (κ3) is 5.66. The Morgan fingerprint density at radius 3 is 2.86 bits per heavy atom. The zero-order valence-electron chi connectivity index (χ0n) is 21.4. The van der Waals surface area contributed by atoms with Crippen molar-refractivity contribution in [3.8, 4) is 27.7 Å². The number of fused-ring (bicyclic) bond motifs is 1. The molecule has 0 aliphatic carbocycles. The van der Waals surface area contributed by atoms with E-state index in [0.29, 0.717) is 42.5 Å². The quantitative estimate of drug-likeness (QED) is 0.336. The van der Waals surface area contributed by atoms with Crippen LogP contribution in [-0.2, 0) is 4.74 Å². The molecule has 1 N–H and O–H groups in total. The van der Waals surface area contributed by atoms with Crippen LogP contribution in [0.1, 0.15) is 37.6 Å². The third-order valence-corrected chi connectivity index (χ3v) is 7.54. The Morgan fingerprint density at radius 1 is 1.27 bits per heavy atom. The second-order valence-corrected chi connectivity index (χ2v) is 10.0. The molecule has 1 amide bonds. The van der Waals surface area contributed by atoms with Crippen molar-refractivity contribution in [2.45, 2.75) is 39.3 Å². The molecule has 1 unspecified atom stereocenters. The zero-order chi connectivity index (χ0) is 25.8. The van der Waals surface area contributed by atoms with Crippen molar-refractivity contribution in [3.05, 3.63) is 53.7 Å². The van der Waals surface area contributed by atoms with Crippen LogP contribution < -0.4 is 10.1 Å². The Hall–Kier alpha value is -3.34. The lowest BCUT2D eigenvalue weighted by atomic mass is 10.1. The van der Waals surface area contributed by atoms with E-state index in [1.165, 1.54) is 0 Å². The summed E-state index contributed by atoms with van der Waals surface area (Å²) in [6.45, 7) is 9.96. The van der Waals surface area contributed by atoms with Gasteiger partial charge in [0.05, 0.1) is 41.2 Å². The predicted molar refractivity (Wildman–Crippen MR) is 144 cm³/mol. The molecule has 1 saturated heterocycles. The monoisotopic (exact) mass is 520 g/mol. The molecule has 0 radical (unpaired) electrons. The molecule has 0 aromatic carbocycles. The molecule has 1 fully saturated rings. The summed E-state index contributed by atoms with van der Waals surface area (Å²) < 4.78 is 13.3. The van der Waals surface area contributed by atoms with Crippen LogP contribution in [0.25, 0.3) is 27.5 Å². The number of hydrogen-bond donors (Lipinski definition) is 1. The molecule has 2 atom stereocenters. The molecule has 37 heavy (non-hydrogen) atoms. The van der Waals surface area contributed by atoms with Gasteiger partial charge in [-0.05, 0) is 43.6 Å². The number of nitrogens with one attached hydrogen (secondary N) is 1. The maximum atomic E-state index is 13.3. The van der Waals surface area contributed by atoms with Gasteiger partial charge in [-0.15, -0.1) is 11.3 Å². The number of likely N-dealkylation sites (N-methyl/N-ethyl adjacent to an activating group) is 1. The van der Waals surface area contributed by atoms with E-state index in [-0.39, 0.29) is 18.1 Å². The van der Waals surface area contributed by atoms with Gasteiger partial charge in [0.15, 0.2) is 5.65 Å². The van der Waals surface area contributed by atoms with Crippen LogP contribution in [0.2, 0.25) is 0 Å². The highest BCUT2D eigenvalue weighted by molar-refractivity contribution is 7.13. The molecule has 0 spiro atoms. The van der Waals surface area contributed by atoms with Crippen LogP contribution in [-0.4, -0.2) is 75.4 Å². The molecule has 5 heterocycles. The number of carbonyl (C=O) groups excluding carboxylic acids is 1. The van der Waals surface area contributed by atoms with Gasteiger partial charge in [-0.3, -0.25) is 9.69 Å². The average Bonchev–Trinajstić information content (AvgIpc) is 3.69. The Labute approximate surface area is 220 Å². The highest BCUT2D eigenvalue weighted by Gasteiger charge is 2.21. The zero-order valence-corrected chi connectivity index (χ0v) is 22.2. The van der Waals surface area contributed by atoms with E-state index < -0.39 is 0 Å². The minimum atomic E-state index is -0.168. The minimum absolute atomic E-state index is 0.0891. The summed E-state index contributed by atoms with van der Waals surface area (Å²) in [6, 6.07) is 9.70. The molecule has 1 aliphatic rings. The predicted octanol–water partition coefficient (Wildman–Crippen LogP) is 4.15. The Bertz CT molecular complexity index is 1350. The SMILES string of the molecule is CCN(CC)C(C)CNC(=O)c1cc(O[C@@H]2CCOC2)nc(-c2cnn3ccc(-c4cccs4)nc23)c1. The van der Waals surface area contributed by atoms with E-state index in [2.05, 4.69) is 36.1 Å². The molecule has 10 heteroatoms. The van der Waals surface area contributed by atoms with Gasteiger partial charge in [0.2, 0.25) is 5.88 Å². The number of rotatable bonds is 10. The molecule has 5 rings (SSSR count). The second-order valence-electron chi connectivity index (χ2n) is 9.08. The minimum Gasteiger partial charge on any atom is -0.472 e. The van der Waals surface area contributed by atoms with E-state index in [4.69, 9.17) is 19.4 Å². The highest BCUT2D eigenvalue weighted by atomic mass is 32.1. The number of nitrogens with zero attached hydrogens (tertiary/aromatic N) is 5. The molecule has 1 aliphatic heterocycles. The third-order valence-electron chi connectivity index (χ3n) is 6.65. The van der Waals surface area contributed by atoms with E-state index in [1.54, 1.807) is 34.2 Å². The van der Waals surface area contributed by atoms with Crippen LogP contribution in [0, 0.1) is 0 Å². The summed E-state index contributed by atoms with van der Waals surface area (Å²) in [7, 11) is 0. The van der Waals surface area contributed by atoms with Gasteiger partial charge in [-0.1, -0.05) is 19.9 Å². The summed E-state index contributed by atoms with van der Waals surface area (Å²) >= 11 is 1.63. The van der Waals surface area contributed by atoms with Crippen LogP contribution in [0.15, 0.2) is 48.1 Å². The van der Waals surface area contributed by atoms with Crippen molar-refractivity contribution in [3.63, 3.8) is 0 Å². The maximum Gasteiger partial charge on any atom is 0.251 e. The first-order chi connectivity index (χ1) is 18.1. The lowest BCUT2D eigenvalue weighted by Crippen LogP contribution is -2.42. The van der Waals surface area contributed by atoms with Gasteiger partial charge < -0.3 is 14.8 Å². The fourth-order valence-electron chi connectivity index (χ4n) is 4.54. The first-order valence-corrected chi connectivity index (χ1v) is 13.6. The normalized spacial score (nSPS) is 16.4. The standard InChI is InChI=1S/C27H32N6O3S/c1-4-32(5-2)18(3)15-28-27(34)19-13-23(30-25(14-19)36-20-9-11-35-17-20)21-16-29-33-10-8-22(31-26(21)33)24-7-6-12-37-24/h6-8,10,12-14,16,18,20H,4-5,9,11,15,17H2,1-3H3,(H,28,34)/t18?,20-/m1/s1. The number of hydrogen-bond acceptors (Lipinski definition) is 8. The molecule has 4 aromatic rings. The van der Waals surface area contributed by atoms with Gasteiger partial charge in [-0.2, -0.15) is 5.10 Å². The molecular weight excluding hydrogens is 488 g/mol. The van der Waals surface area contributed by atoms with Gasteiger partial charge in [0.1, 0.15) is 6.10 Å². The smallest absolute Gasteiger partial charge is 0.251 e. The van der Waals surface area contributed by atoms with Crippen molar-refractivity contribution in [1.29, 1.82) is 0 Å². The maximum absolute atomic E-state index is 13.3. The first kappa shape index (κ1) is 25.3. The lowest BCUT2D eigenvalue weighted by molar-refractivity contribution is 0.0936. The van der Waals surface area contributed by atoms with Gasteiger partial charge in [-0.25, -0.2) is 14.5 Å². The summed E-state index contributed by atoms with van der Waals surface area (Å²) in [4.78, 5) is 26.3. The fraction of sp³-hybridized carbons (Fsp3) is 0.407. The molecule has 9 nitrogen and oxygen atoms in total. The fourth-order valence-corrected chi connectivity index (χ4v) is 5.24. The van der Waals surface area contributed by atoms with Gasteiger partial charge in [0, 0.05) is 36.8 Å². The van der Waals surface area contributed by atoms with Crippen LogP contribution in [0.4, 0.5) is 0 Å². The van der Waals surface area contributed by atoms with E-state index in [0.717, 1.165) is 35.6 Å². The van der Waals surface area contributed by atoms with Crippen LogP contribution in [0.3, 0.4) is 0 Å². The first-order valence-electron chi connectivity index (χ1n) is 12.7. The number of aromatic nitrogens is 4. The van der Waals surface area contributed by atoms with Crippen molar-refractivity contribution >= 4 is 22.9 Å². The van der Waals surface area contributed by atoms with E-state index >= 15 is 0 Å². The number of amides is 1. The summed E-state index contributed by atoms with van der Waals surface area (Å²) in [5.41, 5.74) is 3.34. The van der Waals surface area contributed by atoms with Gasteiger partial charge >= 0.3 is 0 Å². The van der Waals surface area contributed by atoms with Crippen LogP contribution >= 0.6 is 11.3 Å². The van der Waals surface area contributed by atoms with Crippen molar-refractivity contribution < 1.29 is 14.3 Å². The highest BCUT2D eigenvalue weighted by Crippen LogP contribution is 2.29. The lowest BCUT2D eigenvalue weighted by Gasteiger charge is -2.26. The number of pyridine rings is 1. The summed E-state index contributed by atoms with van der Waals surface area (Å²) in [6.07, 6.45) is 4.32. The summed E-state index contributed by atoms with van der Waals surface area (Å²) in [5, 5.41) is 9.58. The van der Waals surface area contributed by atoms with E-state index in [9.17, 15) is 4.79 Å². The van der Waals surface area contributed by atoms with E-state index in [1.807, 2.05) is 29.8 Å². The number of carbonyl (C=O) groups is 1. The van der Waals surface area contributed by atoms with Gasteiger partial charge in [0.25, 0.3) is 5.91 Å². The molecule has 4 aromatic heterocycles. The topological polar surface area (TPSA) is 93.9 Å². The Morgan fingerprint density at radius 2 is 2.14 bits per heavy atom. The average molecular weight is 521 g/mol. The summed E-state index contributed by atoms with van der Waals surface area (Å²) in [5.74, 6) is 0.225. The van der Waals surface area contributed by atoms with Crippen molar-refractivity contribution in [2.24, 2.45) is 0 Å². The number of thiophene rings is 1. The van der Waals surface area contributed by atoms with Crippen molar-refractivity contribution in [1.82, 2.24) is 29.8 Å². The molecule has 194 valence electrons. The molecule has 0 bridgehead atoms. The van der Waals surface area contributed by atoms with Crippen molar-refractivity contribution in [2.75, 3.05) is 32.8 Å². The molecule has 0 saturated carbocycles. The Kier molecular flexibility index (Phi) is 7.78. The largest absolute Gasteiger partial charge is 0.472 e.